The van der Waals surface area contributed by atoms with Crippen LogP contribution in [0.5, 0.6) is 0 Å². The second-order valence-electron chi connectivity index (χ2n) is 8.44. The fourth-order valence-corrected chi connectivity index (χ4v) is 4.83. The Bertz CT molecular complexity index is 1010. The van der Waals surface area contributed by atoms with Gasteiger partial charge in [-0.1, -0.05) is 42.4 Å². The third kappa shape index (κ3) is 5.68. The molecule has 0 fully saturated rings. The van der Waals surface area contributed by atoms with E-state index in [1.54, 1.807) is 7.11 Å². The summed E-state index contributed by atoms with van der Waals surface area (Å²) < 4.78 is 10.6. The Kier molecular flexibility index (Phi) is 8.37. The minimum absolute atomic E-state index is 0.0485. The van der Waals surface area contributed by atoms with Gasteiger partial charge >= 0.3 is 5.97 Å². The van der Waals surface area contributed by atoms with Crippen LogP contribution in [-0.4, -0.2) is 48.3 Å². The summed E-state index contributed by atoms with van der Waals surface area (Å²) in [6.07, 6.45) is 1.07. The molecule has 1 aromatic carbocycles. The Hall–Kier alpha value is -2.58. The van der Waals surface area contributed by atoms with Gasteiger partial charge in [0.15, 0.2) is 5.17 Å². The van der Waals surface area contributed by atoms with Crippen LogP contribution < -0.4 is 5.32 Å². The van der Waals surface area contributed by atoms with Crippen molar-refractivity contribution in [1.29, 1.82) is 0 Å². The van der Waals surface area contributed by atoms with Crippen LogP contribution in [0.15, 0.2) is 45.6 Å². The Morgan fingerprint density at radius 2 is 2.00 bits per heavy atom. The van der Waals surface area contributed by atoms with Crippen LogP contribution in [-0.2, 0) is 19.1 Å². The molecule has 0 radical (unpaired) electrons. The lowest BCUT2D eigenvalue weighted by Gasteiger charge is -2.37. The molecule has 2 atom stereocenters. The van der Waals surface area contributed by atoms with E-state index < -0.39 is 12.0 Å². The molecular formula is C25H33N3O4S. The molecule has 33 heavy (non-hydrogen) atoms. The largest absolute Gasteiger partial charge is 0.460 e. The second kappa shape index (κ2) is 11.0. The van der Waals surface area contributed by atoms with Crippen molar-refractivity contribution < 1.29 is 19.1 Å². The molecule has 0 aliphatic carbocycles. The molecule has 3 rings (SSSR count). The van der Waals surface area contributed by atoms with E-state index in [1.165, 1.54) is 11.8 Å². The first kappa shape index (κ1) is 25.1. The maximum absolute atomic E-state index is 13.2. The average Bonchev–Trinajstić information content (AvgIpc) is 3.16. The fraction of sp³-hybridized carbons (Fsp3) is 0.480. The summed E-state index contributed by atoms with van der Waals surface area (Å²) >= 11 is 1.48. The minimum Gasteiger partial charge on any atom is -0.460 e. The van der Waals surface area contributed by atoms with Crippen molar-refractivity contribution in [2.75, 3.05) is 20.3 Å². The van der Waals surface area contributed by atoms with Gasteiger partial charge in [0.25, 0.3) is 0 Å². The van der Waals surface area contributed by atoms with Gasteiger partial charge in [0.05, 0.1) is 30.3 Å². The van der Waals surface area contributed by atoms with Gasteiger partial charge in [-0.2, -0.15) is 0 Å². The van der Waals surface area contributed by atoms with Crippen molar-refractivity contribution >= 4 is 28.8 Å². The van der Waals surface area contributed by atoms with E-state index in [1.807, 2.05) is 44.9 Å². The SMILES string of the molecule is CC[C@@H](C)NC(=O)CC1=CSC2=NC(C)=C(C(=O)OCCOC)[C@H](c3cc(C)ccc3C)N12. The van der Waals surface area contributed by atoms with Crippen LogP contribution in [0, 0.1) is 13.8 Å². The molecule has 0 saturated heterocycles. The average molecular weight is 472 g/mol. The van der Waals surface area contributed by atoms with E-state index in [0.717, 1.165) is 34.0 Å². The predicted octanol–water partition coefficient (Wildman–Crippen LogP) is 4.37. The number of nitrogens with zero attached hydrogens (tertiary/aromatic N) is 2. The molecule has 0 aromatic heterocycles. The zero-order valence-corrected chi connectivity index (χ0v) is 21.0. The number of nitrogens with one attached hydrogen (secondary N) is 1. The van der Waals surface area contributed by atoms with E-state index >= 15 is 0 Å². The number of fused-ring (bicyclic) bond motifs is 1. The number of hydrogen-bond donors (Lipinski definition) is 1. The number of thioether (sulfide) groups is 1. The number of amides is 1. The van der Waals surface area contributed by atoms with Crippen molar-refractivity contribution in [3.8, 4) is 0 Å². The normalized spacial score (nSPS) is 18.5. The highest BCUT2D eigenvalue weighted by Gasteiger charge is 2.41. The predicted molar refractivity (Wildman–Crippen MR) is 132 cm³/mol. The minimum atomic E-state index is -0.426. The molecule has 2 heterocycles. The van der Waals surface area contributed by atoms with Crippen molar-refractivity contribution in [3.63, 3.8) is 0 Å². The lowest BCUT2D eigenvalue weighted by molar-refractivity contribution is -0.141. The summed E-state index contributed by atoms with van der Waals surface area (Å²) in [7, 11) is 1.57. The first-order chi connectivity index (χ1) is 15.8. The molecule has 2 aliphatic rings. The molecule has 0 spiro atoms. The van der Waals surface area contributed by atoms with E-state index in [4.69, 9.17) is 14.5 Å². The molecule has 178 valence electrons. The van der Waals surface area contributed by atoms with Crippen molar-refractivity contribution in [2.24, 2.45) is 4.99 Å². The first-order valence-corrected chi connectivity index (χ1v) is 12.1. The van der Waals surface area contributed by atoms with E-state index in [2.05, 4.69) is 23.5 Å². The van der Waals surface area contributed by atoms with Crippen LogP contribution >= 0.6 is 11.8 Å². The van der Waals surface area contributed by atoms with Crippen LogP contribution in [0.25, 0.3) is 0 Å². The Balaban J connectivity index is 2.02. The number of aliphatic imine (C=N–C) groups is 1. The molecule has 1 amide bonds. The molecular weight excluding hydrogens is 438 g/mol. The molecule has 7 nitrogen and oxygen atoms in total. The highest BCUT2D eigenvalue weighted by Crippen LogP contribution is 2.45. The van der Waals surface area contributed by atoms with Crippen LogP contribution in [0.1, 0.15) is 56.3 Å². The maximum Gasteiger partial charge on any atom is 0.338 e. The Morgan fingerprint density at radius 3 is 2.70 bits per heavy atom. The molecule has 0 saturated carbocycles. The summed E-state index contributed by atoms with van der Waals surface area (Å²) in [5.74, 6) is -0.466. The van der Waals surface area contributed by atoms with Crippen LogP contribution in [0.3, 0.4) is 0 Å². The number of benzene rings is 1. The first-order valence-electron chi connectivity index (χ1n) is 11.2. The molecule has 1 N–H and O–H groups in total. The van der Waals surface area contributed by atoms with Crippen LogP contribution in [0.4, 0.5) is 0 Å². The number of hydrogen-bond acceptors (Lipinski definition) is 7. The summed E-state index contributed by atoms with van der Waals surface area (Å²) in [5, 5.41) is 5.75. The van der Waals surface area contributed by atoms with Gasteiger partial charge in [-0.3, -0.25) is 4.79 Å². The number of esters is 1. The van der Waals surface area contributed by atoms with Crippen molar-refractivity contribution in [2.45, 2.75) is 59.5 Å². The summed E-state index contributed by atoms with van der Waals surface area (Å²) in [6, 6.07) is 5.88. The number of amidine groups is 1. The molecule has 8 heteroatoms. The maximum atomic E-state index is 13.2. The smallest absolute Gasteiger partial charge is 0.338 e. The van der Waals surface area contributed by atoms with Crippen LogP contribution in [0.2, 0.25) is 0 Å². The van der Waals surface area contributed by atoms with Gasteiger partial charge in [-0.05, 0) is 50.7 Å². The highest BCUT2D eigenvalue weighted by molar-refractivity contribution is 8.16. The van der Waals surface area contributed by atoms with Gasteiger partial charge in [0, 0.05) is 18.8 Å². The quantitative estimate of drug-likeness (QED) is 0.425. The number of methoxy groups -OCH3 is 1. The van der Waals surface area contributed by atoms with Gasteiger partial charge in [0.1, 0.15) is 6.61 Å². The van der Waals surface area contributed by atoms with Gasteiger partial charge in [-0.25, -0.2) is 9.79 Å². The van der Waals surface area contributed by atoms with Gasteiger partial charge < -0.3 is 19.7 Å². The number of allylic oxidation sites excluding steroid dienone is 1. The molecule has 1 aromatic rings. The van der Waals surface area contributed by atoms with Gasteiger partial charge in [-0.15, -0.1) is 0 Å². The molecule has 0 bridgehead atoms. The molecule has 0 unspecified atom stereocenters. The number of aryl methyl sites for hydroxylation is 2. The molecule has 2 aliphatic heterocycles. The lowest BCUT2D eigenvalue weighted by atomic mass is 9.90. The number of carbonyl (C=O) groups is 2. The van der Waals surface area contributed by atoms with Gasteiger partial charge in [0.2, 0.25) is 5.91 Å². The number of rotatable bonds is 9. The monoisotopic (exact) mass is 471 g/mol. The van der Waals surface area contributed by atoms with Crippen molar-refractivity contribution in [3.05, 3.63) is 57.3 Å². The summed E-state index contributed by atoms with van der Waals surface area (Å²) in [4.78, 5) is 32.7. The standard InChI is InChI=1S/C25H33N3O4S/c1-7-17(4)26-21(29)13-19-14-33-25-27-18(5)22(24(30)32-11-10-31-6)23(28(19)25)20-12-15(2)8-9-16(20)3/h8-9,12,14,17,23H,7,10-11,13H2,1-6H3,(H,26,29)/t17-,23+/m1/s1. The number of carbonyl (C=O) groups excluding carboxylic acids is 2. The Labute approximate surface area is 200 Å². The highest BCUT2D eigenvalue weighted by atomic mass is 32.2. The zero-order chi connectivity index (χ0) is 24.1. The zero-order valence-electron chi connectivity index (χ0n) is 20.2. The summed E-state index contributed by atoms with van der Waals surface area (Å²) in [5.41, 5.74) is 5.08. The second-order valence-corrected chi connectivity index (χ2v) is 9.27. The lowest BCUT2D eigenvalue weighted by Crippen LogP contribution is -2.39. The van der Waals surface area contributed by atoms with E-state index in [9.17, 15) is 9.59 Å². The van der Waals surface area contributed by atoms with Crippen molar-refractivity contribution in [1.82, 2.24) is 10.2 Å². The number of ether oxygens (including phenoxy) is 2. The third-order valence-corrected chi connectivity index (χ3v) is 6.72. The third-order valence-electron chi connectivity index (χ3n) is 5.83. The van der Waals surface area contributed by atoms with E-state index in [0.29, 0.717) is 17.9 Å². The fourth-order valence-electron chi connectivity index (χ4n) is 3.87. The van der Waals surface area contributed by atoms with E-state index in [-0.39, 0.29) is 25.0 Å². The Morgan fingerprint density at radius 1 is 1.24 bits per heavy atom. The topological polar surface area (TPSA) is 80.2 Å². The summed E-state index contributed by atoms with van der Waals surface area (Å²) in [6.45, 7) is 10.4.